The fourth-order valence-corrected chi connectivity index (χ4v) is 3.74. The monoisotopic (exact) mass is 635 g/mol. The van der Waals surface area contributed by atoms with E-state index in [1.807, 2.05) is 48.5 Å². The van der Waals surface area contributed by atoms with E-state index in [2.05, 4.69) is 50.5 Å². The van der Waals surface area contributed by atoms with Crippen molar-refractivity contribution in [2.45, 2.75) is 51.7 Å². The minimum absolute atomic E-state index is 0.218. The average molecular weight is 635 g/mol. The van der Waals surface area contributed by atoms with Crippen LogP contribution in [0.2, 0.25) is 0 Å². The molecule has 0 aliphatic rings. The maximum absolute atomic E-state index is 13.2. The highest BCUT2D eigenvalue weighted by atomic mass is 127. The van der Waals surface area contributed by atoms with Gasteiger partial charge in [0.1, 0.15) is 11.1 Å². The number of esters is 1. The van der Waals surface area contributed by atoms with Crippen LogP contribution in [0.1, 0.15) is 38.8 Å². The van der Waals surface area contributed by atoms with Crippen molar-refractivity contribution >= 4 is 57.2 Å². The van der Waals surface area contributed by atoms with Gasteiger partial charge in [0.15, 0.2) is 0 Å². The predicted octanol–water partition coefficient (Wildman–Crippen LogP) is 5.51. The molecule has 0 unspecified atom stereocenters. The lowest BCUT2D eigenvalue weighted by Crippen LogP contribution is -2.59. The highest BCUT2D eigenvalue weighted by Gasteiger charge is 2.43. The van der Waals surface area contributed by atoms with E-state index in [1.165, 1.54) is 0 Å². The van der Waals surface area contributed by atoms with Crippen molar-refractivity contribution in [3.63, 3.8) is 0 Å². The lowest BCUT2D eigenvalue weighted by molar-refractivity contribution is -0.151. The number of amides is 1. The zero-order valence-corrected chi connectivity index (χ0v) is 21.9. The summed E-state index contributed by atoms with van der Waals surface area (Å²) in [5.74, 6) is -0.479. The summed E-state index contributed by atoms with van der Waals surface area (Å²) >= 11 is 4.47. The zero-order chi connectivity index (χ0) is 22.4. The van der Waals surface area contributed by atoms with E-state index in [9.17, 15) is 9.59 Å². The van der Waals surface area contributed by atoms with Gasteiger partial charge >= 0.3 is 12.1 Å². The summed E-state index contributed by atoms with van der Waals surface area (Å²) in [5, 5.41) is 2.86. The number of carbonyl (C=O) groups excluding carboxylic acids is 2. The second kappa shape index (κ2) is 10.8. The van der Waals surface area contributed by atoms with Crippen LogP contribution < -0.4 is 5.32 Å². The van der Waals surface area contributed by atoms with Gasteiger partial charge in [0.2, 0.25) is 0 Å². The normalized spacial score (nSPS) is 11.7. The predicted molar refractivity (Wildman–Crippen MR) is 134 cm³/mol. The molecule has 2 aromatic carbocycles. The van der Waals surface area contributed by atoms with Crippen molar-refractivity contribution in [3.8, 4) is 0 Å². The van der Waals surface area contributed by atoms with Crippen LogP contribution in [0, 0.1) is 7.14 Å². The van der Waals surface area contributed by atoms with Crippen LogP contribution in [-0.2, 0) is 27.1 Å². The highest BCUT2D eigenvalue weighted by Crippen LogP contribution is 2.24. The molecule has 0 aliphatic heterocycles. The molecular weight excluding hydrogens is 608 g/mol. The number of hydrogen-bond acceptors (Lipinski definition) is 4. The van der Waals surface area contributed by atoms with E-state index in [1.54, 1.807) is 27.7 Å². The Balaban J connectivity index is 2.47. The molecule has 0 fully saturated rings. The number of halogens is 2. The molecule has 30 heavy (non-hydrogen) atoms. The van der Waals surface area contributed by atoms with Gasteiger partial charge in [-0.1, -0.05) is 24.3 Å². The number of alkyl carbamates (subject to hydrolysis) is 1. The second-order valence-corrected chi connectivity index (χ2v) is 10.5. The molecule has 0 aromatic heterocycles. The molecule has 1 amide bonds. The molecule has 2 aromatic rings. The molecule has 162 valence electrons. The minimum Gasteiger partial charge on any atom is -0.464 e. The summed E-state index contributed by atoms with van der Waals surface area (Å²) in [6.45, 7) is 7.34. The molecule has 2 rings (SSSR count). The molecule has 0 heterocycles. The van der Waals surface area contributed by atoms with E-state index in [0.29, 0.717) is 0 Å². The lowest BCUT2D eigenvalue weighted by atomic mass is 9.84. The number of carbonyl (C=O) groups is 2. The van der Waals surface area contributed by atoms with E-state index in [0.717, 1.165) is 18.3 Å². The topological polar surface area (TPSA) is 64.6 Å². The number of nitrogens with one attached hydrogen (secondary N) is 1. The van der Waals surface area contributed by atoms with Crippen LogP contribution in [0.4, 0.5) is 4.79 Å². The van der Waals surface area contributed by atoms with Crippen molar-refractivity contribution in [2.75, 3.05) is 6.61 Å². The van der Waals surface area contributed by atoms with E-state index >= 15 is 0 Å². The summed E-state index contributed by atoms with van der Waals surface area (Å²) in [6, 6.07) is 15.7. The molecule has 1 N–H and O–H groups in total. The van der Waals surface area contributed by atoms with Crippen LogP contribution in [0.15, 0.2) is 48.5 Å². The molecule has 0 atom stereocenters. The average Bonchev–Trinajstić information content (AvgIpc) is 2.64. The summed E-state index contributed by atoms with van der Waals surface area (Å²) in [7, 11) is 0. The van der Waals surface area contributed by atoms with Crippen LogP contribution >= 0.6 is 45.2 Å². The SMILES string of the molecule is CCOC(=O)C(Cc1ccc(I)cc1)(Cc1ccc(I)cc1)NC(=O)OC(C)(C)C. The smallest absolute Gasteiger partial charge is 0.408 e. The number of rotatable bonds is 7. The first-order chi connectivity index (χ1) is 14.0. The Morgan fingerprint density at radius 2 is 1.30 bits per heavy atom. The first-order valence-electron chi connectivity index (χ1n) is 9.70. The van der Waals surface area contributed by atoms with Gasteiger partial charge in [-0.3, -0.25) is 0 Å². The zero-order valence-electron chi connectivity index (χ0n) is 17.6. The summed E-state index contributed by atoms with van der Waals surface area (Å²) in [6.07, 6.45) is -0.0753. The molecule has 5 nitrogen and oxygen atoms in total. The fraction of sp³-hybridized carbons (Fsp3) is 0.391. The van der Waals surface area contributed by atoms with Gasteiger partial charge in [-0.25, -0.2) is 9.59 Å². The van der Waals surface area contributed by atoms with Gasteiger partial charge in [0.25, 0.3) is 0 Å². The van der Waals surface area contributed by atoms with Crippen molar-refractivity contribution in [1.82, 2.24) is 5.32 Å². The van der Waals surface area contributed by atoms with Crippen molar-refractivity contribution < 1.29 is 19.1 Å². The largest absolute Gasteiger partial charge is 0.464 e. The van der Waals surface area contributed by atoms with E-state index in [4.69, 9.17) is 9.47 Å². The number of benzene rings is 2. The van der Waals surface area contributed by atoms with Gasteiger partial charge in [0.05, 0.1) is 6.61 Å². The van der Waals surface area contributed by atoms with E-state index in [-0.39, 0.29) is 19.4 Å². The molecular formula is C23H27I2NO4. The van der Waals surface area contributed by atoms with Crippen molar-refractivity contribution in [3.05, 3.63) is 66.8 Å². The maximum Gasteiger partial charge on any atom is 0.408 e. The van der Waals surface area contributed by atoms with Gasteiger partial charge in [-0.2, -0.15) is 0 Å². The Morgan fingerprint density at radius 3 is 1.67 bits per heavy atom. The molecule has 0 bridgehead atoms. The third-order valence-electron chi connectivity index (χ3n) is 4.24. The molecule has 0 spiro atoms. The minimum atomic E-state index is -1.29. The van der Waals surface area contributed by atoms with Gasteiger partial charge in [-0.05, 0) is 108 Å². The molecule has 0 aliphatic carbocycles. The fourth-order valence-electron chi connectivity index (χ4n) is 3.02. The van der Waals surface area contributed by atoms with E-state index < -0.39 is 23.2 Å². The van der Waals surface area contributed by atoms with Gasteiger partial charge in [-0.15, -0.1) is 0 Å². The maximum atomic E-state index is 13.2. The molecule has 0 saturated carbocycles. The third-order valence-corrected chi connectivity index (χ3v) is 5.68. The van der Waals surface area contributed by atoms with Crippen molar-refractivity contribution in [2.24, 2.45) is 0 Å². The Bertz CT molecular complexity index is 811. The third kappa shape index (κ3) is 7.72. The highest BCUT2D eigenvalue weighted by molar-refractivity contribution is 14.1. The Kier molecular flexibility index (Phi) is 8.96. The second-order valence-electron chi connectivity index (χ2n) is 8.04. The quantitative estimate of drug-likeness (QED) is 0.322. The van der Waals surface area contributed by atoms with Crippen LogP contribution in [0.5, 0.6) is 0 Å². The van der Waals surface area contributed by atoms with Gasteiger partial charge < -0.3 is 14.8 Å². The van der Waals surface area contributed by atoms with Crippen molar-refractivity contribution in [1.29, 1.82) is 0 Å². The van der Waals surface area contributed by atoms with Crippen LogP contribution in [0.25, 0.3) is 0 Å². The standard InChI is InChI=1S/C23H27I2NO4/c1-5-29-20(27)23(26-21(28)30-22(2,3)4,14-16-6-10-18(24)11-7-16)15-17-8-12-19(25)13-9-17/h6-13H,5,14-15H2,1-4H3,(H,26,28). The van der Waals surface area contributed by atoms with Crippen LogP contribution in [-0.4, -0.2) is 29.8 Å². The molecule has 0 saturated heterocycles. The number of hydrogen-bond donors (Lipinski definition) is 1. The van der Waals surface area contributed by atoms with Crippen LogP contribution in [0.3, 0.4) is 0 Å². The lowest BCUT2D eigenvalue weighted by Gasteiger charge is -2.34. The Labute approximate surface area is 205 Å². The first kappa shape index (κ1) is 24.9. The summed E-state index contributed by atoms with van der Waals surface area (Å²) < 4.78 is 13.1. The summed E-state index contributed by atoms with van der Waals surface area (Å²) in [4.78, 5) is 25.9. The number of ether oxygens (including phenoxy) is 2. The Morgan fingerprint density at radius 1 is 0.867 bits per heavy atom. The Hall–Kier alpha value is -1.36. The molecule has 7 heteroatoms. The van der Waals surface area contributed by atoms with Gasteiger partial charge in [0, 0.05) is 20.0 Å². The summed E-state index contributed by atoms with van der Waals surface area (Å²) in [5.41, 5.74) is -0.135. The molecule has 0 radical (unpaired) electrons. The first-order valence-corrected chi connectivity index (χ1v) is 11.9.